The number of aliphatic carboxylic acids is 1. The number of carbonyl (C=O) groups is 2. The molecular formula is C19H29N3O3. The molecule has 1 atom stereocenters. The molecule has 1 aromatic rings. The second-order valence-electron chi connectivity index (χ2n) is 7.27. The van der Waals surface area contributed by atoms with E-state index in [0.29, 0.717) is 12.0 Å². The third kappa shape index (κ3) is 6.14. The van der Waals surface area contributed by atoms with Gasteiger partial charge in [-0.05, 0) is 37.1 Å². The Bertz CT molecular complexity index is 595. The Labute approximate surface area is 149 Å². The average molecular weight is 347 g/mol. The molecule has 138 valence electrons. The lowest BCUT2D eigenvalue weighted by molar-refractivity contribution is -0.139. The first-order chi connectivity index (χ1) is 11.8. The van der Waals surface area contributed by atoms with Gasteiger partial charge in [0, 0.05) is 38.3 Å². The van der Waals surface area contributed by atoms with E-state index >= 15 is 0 Å². The van der Waals surface area contributed by atoms with Crippen LogP contribution in [-0.4, -0.2) is 66.1 Å². The highest BCUT2D eigenvalue weighted by Gasteiger charge is 2.22. The van der Waals surface area contributed by atoms with Crippen molar-refractivity contribution >= 4 is 11.9 Å². The van der Waals surface area contributed by atoms with Crippen molar-refractivity contribution in [1.29, 1.82) is 0 Å². The van der Waals surface area contributed by atoms with Crippen LogP contribution in [0.3, 0.4) is 0 Å². The molecule has 1 aromatic carbocycles. The van der Waals surface area contributed by atoms with Crippen molar-refractivity contribution in [2.45, 2.75) is 32.9 Å². The van der Waals surface area contributed by atoms with E-state index in [1.807, 2.05) is 32.0 Å². The normalized spacial score (nSPS) is 17.4. The molecule has 1 fully saturated rings. The molecule has 0 radical (unpaired) electrons. The minimum Gasteiger partial charge on any atom is -0.480 e. The third-order valence-corrected chi connectivity index (χ3v) is 4.50. The van der Waals surface area contributed by atoms with Crippen LogP contribution in [0.5, 0.6) is 0 Å². The lowest BCUT2D eigenvalue weighted by Crippen LogP contribution is -2.44. The fraction of sp³-hybridized carbons (Fsp3) is 0.579. The van der Waals surface area contributed by atoms with E-state index in [9.17, 15) is 14.7 Å². The molecule has 0 bridgehead atoms. The molecule has 1 aliphatic heterocycles. The molecule has 6 heteroatoms. The lowest BCUT2D eigenvalue weighted by atomic mass is 10.0. The summed E-state index contributed by atoms with van der Waals surface area (Å²) in [5, 5.41) is 11.9. The van der Waals surface area contributed by atoms with Crippen LogP contribution in [0.1, 0.15) is 36.2 Å². The summed E-state index contributed by atoms with van der Waals surface area (Å²) in [4.78, 5) is 28.4. The van der Waals surface area contributed by atoms with Crippen LogP contribution in [0, 0.1) is 5.92 Å². The van der Waals surface area contributed by atoms with Gasteiger partial charge in [0.05, 0.1) is 0 Å². The SMILES string of the molecule is CC(C)C[C@H](NC(=O)c1cccc(CN2CCN(C)CC2)c1)C(=O)O. The van der Waals surface area contributed by atoms with Gasteiger partial charge in [0.1, 0.15) is 6.04 Å². The standard InChI is InChI=1S/C19H29N3O3/c1-14(2)11-17(19(24)25)20-18(23)16-6-4-5-15(12-16)13-22-9-7-21(3)8-10-22/h4-6,12,14,17H,7-11,13H2,1-3H3,(H,20,23)(H,24,25)/t17-/m0/s1. The summed E-state index contributed by atoms with van der Waals surface area (Å²) < 4.78 is 0. The van der Waals surface area contributed by atoms with Gasteiger partial charge in [0.15, 0.2) is 0 Å². The topological polar surface area (TPSA) is 72.9 Å². The van der Waals surface area contributed by atoms with Crippen LogP contribution < -0.4 is 5.32 Å². The van der Waals surface area contributed by atoms with Gasteiger partial charge in [-0.3, -0.25) is 9.69 Å². The second-order valence-corrected chi connectivity index (χ2v) is 7.27. The molecule has 2 rings (SSSR count). The zero-order chi connectivity index (χ0) is 18.4. The molecule has 2 N–H and O–H groups in total. The van der Waals surface area contributed by atoms with Crippen LogP contribution in [0.2, 0.25) is 0 Å². The Hall–Kier alpha value is -1.92. The largest absolute Gasteiger partial charge is 0.480 e. The first-order valence-corrected chi connectivity index (χ1v) is 8.88. The predicted octanol–water partition coefficient (Wildman–Crippen LogP) is 1.66. The van der Waals surface area contributed by atoms with Crippen LogP contribution >= 0.6 is 0 Å². The summed E-state index contributed by atoms with van der Waals surface area (Å²) in [5.41, 5.74) is 1.59. The molecule has 1 heterocycles. The summed E-state index contributed by atoms with van der Waals surface area (Å²) in [5.74, 6) is -1.12. The number of carboxylic acid groups (broad SMARTS) is 1. The average Bonchev–Trinajstić information content (AvgIpc) is 2.56. The van der Waals surface area contributed by atoms with Crippen molar-refractivity contribution in [3.05, 3.63) is 35.4 Å². The molecule has 1 saturated heterocycles. The number of amides is 1. The van der Waals surface area contributed by atoms with Crippen LogP contribution in [0.4, 0.5) is 0 Å². The summed E-state index contributed by atoms with van der Waals surface area (Å²) in [6.07, 6.45) is 0.419. The molecule has 1 amide bonds. The number of likely N-dealkylation sites (N-methyl/N-ethyl adjacent to an activating group) is 1. The number of piperazine rings is 1. The summed E-state index contributed by atoms with van der Waals surface area (Å²) >= 11 is 0. The molecule has 0 unspecified atom stereocenters. The summed E-state index contributed by atoms with van der Waals surface area (Å²) in [6, 6.07) is 6.61. The van der Waals surface area contributed by atoms with E-state index in [4.69, 9.17) is 0 Å². The Morgan fingerprint density at radius 1 is 1.20 bits per heavy atom. The van der Waals surface area contributed by atoms with Crippen molar-refractivity contribution in [1.82, 2.24) is 15.1 Å². The molecule has 0 aromatic heterocycles. The minimum absolute atomic E-state index is 0.199. The zero-order valence-corrected chi connectivity index (χ0v) is 15.4. The van der Waals surface area contributed by atoms with Gasteiger partial charge in [-0.1, -0.05) is 26.0 Å². The van der Waals surface area contributed by atoms with E-state index < -0.39 is 12.0 Å². The number of benzene rings is 1. The molecule has 0 aliphatic carbocycles. The number of nitrogens with one attached hydrogen (secondary N) is 1. The summed E-state index contributed by atoms with van der Waals surface area (Å²) in [6.45, 7) is 8.83. The molecule has 6 nitrogen and oxygen atoms in total. The first-order valence-electron chi connectivity index (χ1n) is 8.88. The van der Waals surface area contributed by atoms with Crippen molar-refractivity contribution in [3.8, 4) is 0 Å². The number of carboxylic acids is 1. The number of hydrogen-bond donors (Lipinski definition) is 2. The molecule has 25 heavy (non-hydrogen) atoms. The quantitative estimate of drug-likeness (QED) is 0.785. The van der Waals surface area contributed by atoms with Gasteiger partial charge < -0.3 is 15.3 Å². The Kier molecular flexibility index (Phi) is 6.96. The third-order valence-electron chi connectivity index (χ3n) is 4.50. The van der Waals surface area contributed by atoms with Gasteiger partial charge in [0.2, 0.25) is 0 Å². The maximum absolute atomic E-state index is 12.4. The zero-order valence-electron chi connectivity index (χ0n) is 15.4. The molecule has 0 saturated carbocycles. The fourth-order valence-corrected chi connectivity index (χ4v) is 3.01. The molecular weight excluding hydrogens is 318 g/mol. The van der Waals surface area contributed by atoms with Crippen LogP contribution in [0.25, 0.3) is 0 Å². The van der Waals surface area contributed by atoms with E-state index in [0.717, 1.165) is 38.3 Å². The van der Waals surface area contributed by atoms with Gasteiger partial charge in [-0.2, -0.15) is 0 Å². The summed E-state index contributed by atoms with van der Waals surface area (Å²) in [7, 11) is 2.12. The van der Waals surface area contributed by atoms with Crippen molar-refractivity contribution in [2.75, 3.05) is 33.2 Å². The molecule has 0 spiro atoms. The monoisotopic (exact) mass is 347 g/mol. The Balaban J connectivity index is 1.99. The number of rotatable bonds is 7. The maximum atomic E-state index is 12.4. The molecule has 1 aliphatic rings. The smallest absolute Gasteiger partial charge is 0.326 e. The van der Waals surface area contributed by atoms with E-state index in [1.165, 1.54) is 0 Å². The van der Waals surface area contributed by atoms with E-state index in [2.05, 4.69) is 22.2 Å². The fourth-order valence-electron chi connectivity index (χ4n) is 3.01. The minimum atomic E-state index is -0.990. The number of nitrogens with zero attached hydrogens (tertiary/aromatic N) is 2. The highest BCUT2D eigenvalue weighted by molar-refractivity contribution is 5.96. The Morgan fingerprint density at radius 2 is 1.88 bits per heavy atom. The second kappa shape index (κ2) is 8.97. The lowest BCUT2D eigenvalue weighted by Gasteiger charge is -2.32. The van der Waals surface area contributed by atoms with Crippen molar-refractivity contribution in [3.63, 3.8) is 0 Å². The van der Waals surface area contributed by atoms with Gasteiger partial charge >= 0.3 is 5.97 Å². The van der Waals surface area contributed by atoms with Gasteiger partial charge in [-0.25, -0.2) is 4.79 Å². The van der Waals surface area contributed by atoms with E-state index in [1.54, 1.807) is 6.07 Å². The van der Waals surface area contributed by atoms with Gasteiger partial charge in [-0.15, -0.1) is 0 Å². The first kappa shape index (κ1) is 19.4. The highest BCUT2D eigenvalue weighted by Crippen LogP contribution is 2.12. The maximum Gasteiger partial charge on any atom is 0.326 e. The van der Waals surface area contributed by atoms with Crippen molar-refractivity contribution in [2.24, 2.45) is 5.92 Å². The van der Waals surface area contributed by atoms with Crippen molar-refractivity contribution < 1.29 is 14.7 Å². The van der Waals surface area contributed by atoms with Crippen LogP contribution in [0.15, 0.2) is 24.3 Å². The number of carbonyl (C=O) groups excluding carboxylic acids is 1. The van der Waals surface area contributed by atoms with E-state index in [-0.39, 0.29) is 11.8 Å². The van der Waals surface area contributed by atoms with Crippen LogP contribution in [-0.2, 0) is 11.3 Å². The Morgan fingerprint density at radius 3 is 2.48 bits per heavy atom. The van der Waals surface area contributed by atoms with Gasteiger partial charge in [0.25, 0.3) is 5.91 Å². The highest BCUT2D eigenvalue weighted by atomic mass is 16.4. The number of hydrogen-bond acceptors (Lipinski definition) is 4. The predicted molar refractivity (Wildman–Crippen MR) is 97.6 cm³/mol.